The molecule has 0 saturated heterocycles. The molecule has 1 nitrogen and oxygen atoms in total. The smallest absolute Gasteiger partial charge is 0.127 e. The molecule has 0 fully saturated rings. The second-order valence-electron chi connectivity index (χ2n) is 4.69. The molecule has 0 amide bonds. The molecule has 0 aromatic heterocycles. The number of hydrogen-bond acceptors (Lipinski definition) is 2. The van der Waals surface area contributed by atoms with Crippen molar-refractivity contribution in [3.63, 3.8) is 0 Å². The van der Waals surface area contributed by atoms with Gasteiger partial charge in [-0.15, -0.1) is 11.8 Å². The van der Waals surface area contributed by atoms with Gasteiger partial charge in [-0.25, -0.2) is 4.39 Å². The Balaban J connectivity index is 1.95. The van der Waals surface area contributed by atoms with Crippen molar-refractivity contribution in [2.45, 2.75) is 17.4 Å². The Hall–Kier alpha value is -0.740. The van der Waals surface area contributed by atoms with Crippen LogP contribution in [0, 0.1) is 5.82 Å². The minimum Gasteiger partial charge on any atom is -0.316 e. The van der Waals surface area contributed by atoms with Gasteiger partial charge in [-0.3, -0.25) is 0 Å². The normalized spacial score (nSPS) is 12.4. The summed E-state index contributed by atoms with van der Waals surface area (Å²) in [5, 5.41) is 4.38. The summed E-state index contributed by atoms with van der Waals surface area (Å²) >= 11 is 13.4. The fourth-order valence-electron chi connectivity index (χ4n) is 1.92. The summed E-state index contributed by atoms with van der Waals surface area (Å²) in [5.41, 5.74) is 0.676. The Morgan fingerprint density at radius 2 is 1.76 bits per heavy atom. The highest BCUT2D eigenvalue weighted by Gasteiger charge is 2.11. The monoisotopic (exact) mass is 343 g/mol. The van der Waals surface area contributed by atoms with E-state index in [1.807, 2.05) is 31.3 Å². The predicted molar refractivity (Wildman–Crippen MR) is 90.1 cm³/mol. The van der Waals surface area contributed by atoms with Gasteiger partial charge in [-0.2, -0.15) is 0 Å². The van der Waals surface area contributed by atoms with Crippen molar-refractivity contribution in [2.24, 2.45) is 0 Å². The summed E-state index contributed by atoms with van der Waals surface area (Å²) in [6.45, 7) is 0. The molecular weight excluding hydrogens is 328 g/mol. The number of rotatable bonds is 6. The molecule has 2 aromatic carbocycles. The largest absolute Gasteiger partial charge is 0.316 e. The van der Waals surface area contributed by atoms with Crippen molar-refractivity contribution >= 4 is 35.0 Å². The maximum atomic E-state index is 13.8. The lowest BCUT2D eigenvalue weighted by molar-refractivity contribution is 0.568. The van der Waals surface area contributed by atoms with Gasteiger partial charge in [0.05, 0.1) is 0 Å². The van der Waals surface area contributed by atoms with Crippen LogP contribution in [0.2, 0.25) is 10.0 Å². The van der Waals surface area contributed by atoms with E-state index < -0.39 is 0 Å². The van der Waals surface area contributed by atoms with Crippen LogP contribution in [0.1, 0.15) is 5.56 Å². The third-order valence-electron chi connectivity index (χ3n) is 3.15. The minimum absolute atomic E-state index is 0.182. The molecule has 2 rings (SSSR count). The zero-order valence-electron chi connectivity index (χ0n) is 11.6. The Bertz CT molecular complexity index is 589. The highest BCUT2D eigenvalue weighted by Crippen LogP contribution is 2.23. The average molecular weight is 344 g/mol. The summed E-state index contributed by atoms with van der Waals surface area (Å²) in [7, 11) is 1.89. The molecule has 1 N–H and O–H groups in total. The first-order valence-electron chi connectivity index (χ1n) is 6.58. The Kier molecular flexibility index (Phi) is 6.37. The van der Waals surface area contributed by atoms with Crippen LogP contribution < -0.4 is 5.32 Å². The highest BCUT2D eigenvalue weighted by molar-refractivity contribution is 7.99. The SMILES string of the molecule is CNC(CSc1ccc(Cl)cc1)Cc1ccc(Cl)cc1F. The Morgan fingerprint density at radius 3 is 2.38 bits per heavy atom. The number of halogens is 3. The first-order valence-corrected chi connectivity index (χ1v) is 8.32. The molecule has 5 heteroatoms. The highest BCUT2D eigenvalue weighted by atomic mass is 35.5. The van der Waals surface area contributed by atoms with E-state index in [4.69, 9.17) is 23.2 Å². The van der Waals surface area contributed by atoms with E-state index in [9.17, 15) is 4.39 Å². The second-order valence-corrected chi connectivity index (χ2v) is 6.66. The number of benzene rings is 2. The van der Waals surface area contributed by atoms with Crippen molar-refractivity contribution in [1.82, 2.24) is 5.32 Å². The van der Waals surface area contributed by atoms with E-state index in [-0.39, 0.29) is 11.9 Å². The van der Waals surface area contributed by atoms with Gasteiger partial charge in [0, 0.05) is 26.7 Å². The number of hydrogen-bond donors (Lipinski definition) is 1. The van der Waals surface area contributed by atoms with E-state index in [2.05, 4.69) is 5.32 Å². The lowest BCUT2D eigenvalue weighted by Crippen LogP contribution is -2.30. The summed E-state index contributed by atoms with van der Waals surface area (Å²) in [5.74, 6) is 0.597. The minimum atomic E-state index is -0.251. The third kappa shape index (κ3) is 5.19. The second kappa shape index (κ2) is 8.04. The van der Waals surface area contributed by atoms with Crippen molar-refractivity contribution in [3.05, 3.63) is 63.9 Å². The van der Waals surface area contributed by atoms with Crippen LogP contribution in [0.3, 0.4) is 0 Å². The topological polar surface area (TPSA) is 12.0 Å². The summed E-state index contributed by atoms with van der Waals surface area (Å²) in [6.07, 6.45) is 0.625. The summed E-state index contributed by atoms with van der Waals surface area (Å²) in [6, 6.07) is 12.7. The molecule has 21 heavy (non-hydrogen) atoms. The van der Waals surface area contributed by atoms with Gasteiger partial charge in [-0.1, -0.05) is 29.3 Å². The predicted octanol–water partition coefficient (Wildman–Crippen LogP) is 5.06. The molecule has 0 bridgehead atoms. The van der Waals surface area contributed by atoms with Crippen molar-refractivity contribution in [1.29, 1.82) is 0 Å². The maximum Gasteiger partial charge on any atom is 0.127 e. The van der Waals surface area contributed by atoms with Crippen molar-refractivity contribution < 1.29 is 4.39 Å². The van der Waals surface area contributed by atoms with E-state index in [1.165, 1.54) is 6.07 Å². The van der Waals surface area contributed by atoms with Crippen molar-refractivity contribution in [3.8, 4) is 0 Å². The zero-order chi connectivity index (χ0) is 15.2. The van der Waals surface area contributed by atoms with Crippen LogP contribution in [0.15, 0.2) is 47.4 Å². The quantitative estimate of drug-likeness (QED) is 0.736. The van der Waals surface area contributed by atoms with Crippen LogP contribution >= 0.6 is 35.0 Å². The van der Waals surface area contributed by atoms with Gasteiger partial charge in [0.15, 0.2) is 0 Å². The molecule has 0 aliphatic carbocycles. The van der Waals surface area contributed by atoms with Crippen LogP contribution in [0.5, 0.6) is 0 Å². The van der Waals surface area contributed by atoms with Gasteiger partial charge < -0.3 is 5.32 Å². The molecule has 1 atom stereocenters. The third-order valence-corrected chi connectivity index (χ3v) is 4.82. The lowest BCUT2D eigenvalue weighted by Gasteiger charge is -2.16. The first-order chi connectivity index (χ1) is 10.1. The molecule has 0 radical (unpaired) electrons. The molecule has 0 heterocycles. The van der Waals surface area contributed by atoms with Crippen LogP contribution in [0.4, 0.5) is 4.39 Å². The maximum absolute atomic E-state index is 13.8. The Labute approximate surface area is 138 Å². The fraction of sp³-hybridized carbons (Fsp3) is 0.250. The van der Waals surface area contributed by atoms with Crippen LogP contribution in [-0.2, 0) is 6.42 Å². The molecule has 2 aromatic rings. The standard InChI is InChI=1S/C16H16Cl2FNS/c1-20-14(8-11-2-3-13(18)9-16(11)19)10-21-15-6-4-12(17)5-7-15/h2-7,9,14,20H,8,10H2,1H3. The number of likely N-dealkylation sites (N-methyl/N-ethyl adjacent to an activating group) is 1. The average Bonchev–Trinajstić information content (AvgIpc) is 2.47. The first kappa shape index (κ1) is 16.6. The van der Waals surface area contributed by atoms with E-state index >= 15 is 0 Å². The molecule has 0 aliphatic rings. The molecule has 0 aliphatic heterocycles. The number of thioether (sulfide) groups is 1. The van der Waals surface area contributed by atoms with E-state index in [0.29, 0.717) is 17.0 Å². The molecule has 112 valence electrons. The summed E-state index contributed by atoms with van der Waals surface area (Å²) < 4.78 is 13.8. The van der Waals surface area contributed by atoms with Gasteiger partial charge in [0.2, 0.25) is 0 Å². The molecule has 1 unspecified atom stereocenters. The van der Waals surface area contributed by atoms with Gasteiger partial charge >= 0.3 is 0 Å². The number of nitrogens with one attached hydrogen (secondary N) is 1. The van der Waals surface area contributed by atoms with Gasteiger partial charge in [0.1, 0.15) is 5.82 Å². The van der Waals surface area contributed by atoms with Crippen molar-refractivity contribution in [2.75, 3.05) is 12.8 Å². The Morgan fingerprint density at radius 1 is 1.10 bits per heavy atom. The van der Waals surface area contributed by atoms with E-state index in [1.54, 1.807) is 23.9 Å². The van der Waals surface area contributed by atoms with Crippen LogP contribution in [0.25, 0.3) is 0 Å². The zero-order valence-corrected chi connectivity index (χ0v) is 13.9. The molecule has 0 spiro atoms. The summed E-state index contributed by atoms with van der Waals surface area (Å²) in [4.78, 5) is 1.15. The molecular formula is C16H16Cl2FNS. The van der Waals surface area contributed by atoms with E-state index in [0.717, 1.165) is 15.7 Å². The van der Waals surface area contributed by atoms with Gasteiger partial charge in [-0.05, 0) is 55.4 Å². The molecule has 0 saturated carbocycles. The van der Waals surface area contributed by atoms with Gasteiger partial charge in [0.25, 0.3) is 0 Å². The lowest BCUT2D eigenvalue weighted by atomic mass is 10.1. The van der Waals surface area contributed by atoms with Crippen LogP contribution in [-0.4, -0.2) is 18.8 Å². The fourth-order valence-corrected chi connectivity index (χ4v) is 3.22.